The van der Waals surface area contributed by atoms with Crippen LogP contribution >= 0.6 is 0 Å². The molecule has 0 bridgehead atoms. The molecule has 5 rings (SSSR count). The summed E-state index contributed by atoms with van der Waals surface area (Å²) in [7, 11) is 1.65. The van der Waals surface area contributed by atoms with Gasteiger partial charge in [0.1, 0.15) is 0 Å². The lowest BCUT2D eigenvalue weighted by molar-refractivity contribution is 0.496. The predicted octanol–water partition coefficient (Wildman–Crippen LogP) is 1.75. The Morgan fingerprint density at radius 2 is 1.97 bits per heavy atom. The number of benzene rings is 1. The van der Waals surface area contributed by atoms with E-state index in [1.54, 1.807) is 14.0 Å². The van der Waals surface area contributed by atoms with Gasteiger partial charge >= 0.3 is 5.69 Å². The van der Waals surface area contributed by atoms with Crippen LogP contribution in [0.2, 0.25) is 0 Å². The van der Waals surface area contributed by atoms with E-state index >= 15 is 0 Å². The normalized spacial score (nSPS) is 16.0. The minimum atomic E-state index is -0.428. The Kier molecular flexibility index (Phi) is 5.91. The summed E-state index contributed by atoms with van der Waals surface area (Å²) in [5.74, 6) is 6.60. The first-order chi connectivity index (χ1) is 16.9. The maximum Gasteiger partial charge on any atom is 0.332 e. The molecular weight excluding hydrogens is 442 g/mol. The Hall–Kier alpha value is -3.90. The number of nitrogens with two attached hydrogens (primary N) is 1. The van der Waals surface area contributed by atoms with Gasteiger partial charge in [0.15, 0.2) is 11.2 Å². The predicted molar refractivity (Wildman–Crippen MR) is 138 cm³/mol. The number of hydrogen-bond donors (Lipinski definition) is 1. The quantitative estimate of drug-likeness (QED) is 0.455. The van der Waals surface area contributed by atoms with Crippen LogP contribution in [0.15, 0.2) is 39.9 Å². The lowest BCUT2D eigenvalue weighted by Gasteiger charge is -2.31. The van der Waals surface area contributed by atoms with Crippen molar-refractivity contribution in [2.75, 3.05) is 18.0 Å². The first kappa shape index (κ1) is 22.9. The second-order valence-electron chi connectivity index (χ2n) is 9.11. The smallest absolute Gasteiger partial charge is 0.332 e. The van der Waals surface area contributed by atoms with Crippen LogP contribution in [0.3, 0.4) is 0 Å². The van der Waals surface area contributed by atoms with Crippen molar-refractivity contribution in [3.05, 3.63) is 62.6 Å². The van der Waals surface area contributed by atoms with Crippen molar-refractivity contribution in [3.8, 4) is 11.8 Å². The Morgan fingerprint density at radius 3 is 2.74 bits per heavy atom. The average Bonchev–Trinajstić information content (AvgIpc) is 3.23. The van der Waals surface area contributed by atoms with Crippen LogP contribution in [-0.2, 0) is 20.1 Å². The Bertz CT molecular complexity index is 1620. The van der Waals surface area contributed by atoms with Gasteiger partial charge in [0.2, 0.25) is 5.95 Å². The first-order valence-corrected chi connectivity index (χ1v) is 11.8. The summed E-state index contributed by atoms with van der Waals surface area (Å²) in [6.45, 7) is 5.47. The third kappa shape index (κ3) is 4.00. The number of anilines is 1. The molecule has 3 aromatic heterocycles. The molecule has 9 nitrogen and oxygen atoms in total. The van der Waals surface area contributed by atoms with Crippen molar-refractivity contribution in [2.24, 2.45) is 12.8 Å². The van der Waals surface area contributed by atoms with Gasteiger partial charge < -0.3 is 10.6 Å². The number of aryl methyl sites for hydroxylation is 2. The third-order valence-electron chi connectivity index (χ3n) is 6.62. The number of imidazole rings is 1. The monoisotopic (exact) mass is 471 g/mol. The molecule has 1 fully saturated rings. The number of rotatable bonds is 4. The van der Waals surface area contributed by atoms with Gasteiger partial charge in [0.05, 0.1) is 18.8 Å². The Balaban J connectivity index is 1.73. The molecule has 0 saturated carbocycles. The van der Waals surface area contributed by atoms with Crippen LogP contribution < -0.4 is 21.9 Å². The van der Waals surface area contributed by atoms with Crippen LogP contribution in [0.4, 0.5) is 5.95 Å². The van der Waals surface area contributed by atoms with E-state index in [0.717, 1.165) is 35.9 Å². The summed E-state index contributed by atoms with van der Waals surface area (Å²) in [5, 5.41) is 1.94. The molecule has 4 heterocycles. The fraction of sp³-hybridized carbons (Fsp3) is 0.385. The number of fused-ring (bicyclic) bond motifs is 2. The summed E-state index contributed by atoms with van der Waals surface area (Å²) in [6, 6.07) is 9.90. The Morgan fingerprint density at radius 1 is 1.17 bits per heavy atom. The number of pyridine rings is 1. The van der Waals surface area contributed by atoms with E-state index in [0.29, 0.717) is 35.9 Å². The fourth-order valence-corrected chi connectivity index (χ4v) is 4.93. The highest BCUT2D eigenvalue weighted by Crippen LogP contribution is 2.23. The van der Waals surface area contributed by atoms with Crippen LogP contribution in [0.1, 0.15) is 31.2 Å². The standard InChI is InChI=1S/C26H29N7O2/c1-4-5-13-32-22-23(29-25(32)31-12-8-10-19(27)15-31)30(3)26(35)33(24(22)34)16-21-20-11-7-6-9-18(20)14-17(2)28-21/h6-7,9,11,14,19H,8,10,12-13,15-16,27H2,1-3H3/t19-/m0/s1. The van der Waals surface area contributed by atoms with Crippen molar-refractivity contribution < 1.29 is 0 Å². The van der Waals surface area contributed by atoms with E-state index in [1.165, 1.54) is 9.13 Å². The fourth-order valence-electron chi connectivity index (χ4n) is 4.93. The molecule has 1 saturated heterocycles. The molecule has 35 heavy (non-hydrogen) atoms. The minimum absolute atomic E-state index is 0.0374. The van der Waals surface area contributed by atoms with E-state index in [2.05, 4.69) is 21.7 Å². The molecule has 1 atom stereocenters. The summed E-state index contributed by atoms with van der Waals surface area (Å²) in [5.41, 5.74) is 7.63. The van der Waals surface area contributed by atoms with Crippen LogP contribution in [0.25, 0.3) is 21.9 Å². The lowest BCUT2D eigenvalue weighted by Crippen LogP contribution is -2.44. The minimum Gasteiger partial charge on any atom is -0.341 e. The molecule has 0 aliphatic carbocycles. The molecule has 0 radical (unpaired) electrons. The van der Waals surface area contributed by atoms with E-state index in [9.17, 15) is 9.59 Å². The van der Waals surface area contributed by atoms with Crippen LogP contribution in [-0.4, -0.2) is 42.8 Å². The molecule has 0 spiro atoms. The SMILES string of the molecule is CC#CCn1c(N2CCC[C@H](N)C2)nc2c1c(=O)n(Cc1nc(C)cc3ccccc13)c(=O)n2C. The molecule has 9 heteroatoms. The topological polar surface area (TPSA) is 104 Å². The molecule has 1 aromatic carbocycles. The molecule has 4 aromatic rings. The highest BCUT2D eigenvalue weighted by molar-refractivity contribution is 5.85. The number of nitrogens with zero attached hydrogens (tertiary/aromatic N) is 6. The molecule has 1 aliphatic heterocycles. The highest BCUT2D eigenvalue weighted by atomic mass is 16.2. The van der Waals surface area contributed by atoms with Gasteiger partial charge in [-0.15, -0.1) is 5.92 Å². The third-order valence-corrected chi connectivity index (χ3v) is 6.62. The van der Waals surface area contributed by atoms with Crippen molar-refractivity contribution in [1.29, 1.82) is 0 Å². The summed E-state index contributed by atoms with van der Waals surface area (Å²) in [4.78, 5) is 38.7. The molecule has 2 N–H and O–H groups in total. The second kappa shape index (κ2) is 9.04. The number of hydrogen-bond acceptors (Lipinski definition) is 6. The van der Waals surface area contributed by atoms with Gasteiger partial charge in [-0.25, -0.2) is 4.79 Å². The van der Waals surface area contributed by atoms with E-state index in [4.69, 9.17) is 10.7 Å². The molecule has 1 aliphatic rings. The Labute approximate surface area is 202 Å². The summed E-state index contributed by atoms with van der Waals surface area (Å²) >= 11 is 0. The molecule has 180 valence electrons. The average molecular weight is 472 g/mol. The maximum atomic E-state index is 13.8. The van der Waals surface area contributed by atoms with E-state index in [-0.39, 0.29) is 12.6 Å². The van der Waals surface area contributed by atoms with Crippen molar-refractivity contribution in [2.45, 2.75) is 45.8 Å². The van der Waals surface area contributed by atoms with Gasteiger partial charge in [-0.3, -0.25) is 23.5 Å². The zero-order valence-electron chi connectivity index (χ0n) is 20.3. The van der Waals surface area contributed by atoms with Crippen LogP contribution in [0, 0.1) is 18.8 Å². The molecule has 0 unspecified atom stereocenters. The van der Waals surface area contributed by atoms with Crippen LogP contribution in [0.5, 0.6) is 0 Å². The number of piperidine rings is 1. The molecular formula is C26H29N7O2. The van der Waals surface area contributed by atoms with E-state index in [1.807, 2.05) is 41.8 Å². The zero-order chi connectivity index (χ0) is 24.7. The summed E-state index contributed by atoms with van der Waals surface area (Å²) in [6.07, 6.45) is 1.90. The van der Waals surface area contributed by atoms with Gasteiger partial charge in [-0.1, -0.05) is 30.2 Å². The van der Waals surface area contributed by atoms with Crippen molar-refractivity contribution >= 4 is 27.9 Å². The van der Waals surface area contributed by atoms with Gasteiger partial charge in [0, 0.05) is 37.3 Å². The highest BCUT2D eigenvalue weighted by Gasteiger charge is 2.26. The van der Waals surface area contributed by atoms with Gasteiger partial charge in [0.25, 0.3) is 5.56 Å². The second-order valence-corrected chi connectivity index (χ2v) is 9.11. The van der Waals surface area contributed by atoms with Gasteiger partial charge in [-0.2, -0.15) is 4.98 Å². The van der Waals surface area contributed by atoms with Crippen molar-refractivity contribution in [1.82, 2.24) is 23.7 Å². The first-order valence-electron chi connectivity index (χ1n) is 11.8. The van der Waals surface area contributed by atoms with E-state index < -0.39 is 11.2 Å². The maximum absolute atomic E-state index is 13.8. The zero-order valence-corrected chi connectivity index (χ0v) is 20.3. The number of aromatic nitrogens is 5. The lowest BCUT2D eigenvalue weighted by atomic mass is 10.1. The summed E-state index contributed by atoms with van der Waals surface area (Å²) < 4.78 is 4.52. The van der Waals surface area contributed by atoms with Gasteiger partial charge in [-0.05, 0) is 38.1 Å². The van der Waals surface area contributed by atoms with Crippen molar-refractivity contribution in [3.63, 3.8) is 0 Å². The molecule has 0 amide bonds. The largest absolute Gasteiger partial charge is 0.341 e.